The predicted molar refractivity (Wildman–Crippen MR) is 110 cm³/mol. The Labute approximate surface area is 170 Å². The van der Waals surface area contributed by atoms with Crippen LogP contribution in [0.2, 0.25) is 5.02 Å². The molecule has 140 valence electrons. The van der Waals surface area contributed by atoms with Gasteiger partial charge in [0, 0.05) is 36.3 Å². The molecule has 0 N–H and O–H groups in total. The van der Waals surface area contributed by atoms with Crippen molar-refractivity contribution >= 4 is 39.9 Å². The SMILES string of the molecule is O=c1c(Cl)c(N2CCC(c3ccc(F)cc3F)CC2)ccn1CCCI. The molecule has 2 aromatic rings. The van der Waals surface area contributed by atoms with Crippen molar-refractivity contribution in [3.8, 4) is 0 Å². The van der Waals surface area contributed by atoms with Crippen LogP contribution in [0.1, 0.15) is 30.7 Å². The first-order valence-corrected chi connectivity index (χ1v) is 10.6. The number of pyridine rings is 1. The van der Waals surface area contributed by atoms with E-state index in [0.29, 0.717) is 25.2 Å². The summed E-state index contributed by atoms with van der Waals surface area (Å²) in [5.41, 5.74) is 1.13. The minimum Gasteiger partial charge on any atom is -0.370 e. The van der Waals surface area contributed by atoms with Crippen LogP contribution in [0, 0.1) is 11.6 Å². The highest BCUT2D eigenvalue weighted by Crippen LogP contribution is 2.33. The lowest BCUT2D eigenvalue weighted by Crippen LogP contribution is -2.35. The van der Waals surface area contributed by atoms with E-state index in [0.717, 1.165) is 35.4 Å². The number of aromatic nitrogens is 1. The summed E-state index contributed by atoms with van der Waals surface area (Å²) in [5, 5.41) is 0.243. The molecule has 2 heterocycles. The van der Waals surface area contributed by atoms with Crippen molar-refractivity contribution in [2.24, 2.45) is 0 Å². The summed E-state index contributed by atoms with van der Waals surface area (Å²) in [6.45, 7) is 2.02. The highest BCUT2D eigenvalue weighted by molar-refractivity contribution is 14.1. The largest absolute Gasteiger partial charge is 0.370 e. The van der Waals surface area contributed by atoms with Gasteiger partial charge in [-0.05, 0) is 42.9 Å². The molecule has 0 spiro atoms. The van der Waals surface area contributed by atoms with E-state index in [-0.39, 0.29) is 16.5 Å². The maximum absolute atomic E-state index is 14.0. The fraction of sp³-hybridized carbons (Fsp3) is 0.421. The lowest BCUT2D eigenvalue weighted by atomic mass is 9.89. The van der Waals surface area contributed by atoms with Crippen LogP contribution in [0.3, 0.4) is 0 Å². The van der Waals surface area contributed by atoms with Gasteiger partial charge in [-0.2, -0.15) is 0 Å². The number of nitrogens with zero attached hydrogens (tertiary/aromatic N) is 2. The Hall–Kier alpha value is -1.15. The first kappa shape index (κ1) is 19.6. The van der Waals surface area contributed by atoms with Gasteiger partial charge in [-0.3, -0.25) is 4.79 Å². The van der Waals surface area contributed by atoms with Crippen LogP contribution in [-0.2, 0) is 6.54 Å². The van der Waals surface area contributed by atoms with Crippen molar-refractivity contribution in [3.05, 3.63) is 63.0 Å². The molecule has 3 rings (SSSR count). The van der Waals surface area contributed by atoms with Gasteiger partial charge in [0.2, 0.25) is 0 Å². The first-order valence-electron chi connectivity index (χ1n) is 8.66. The Balaban J connectivity index is 1.72. The van der Waals surface area contributed by atoms with Gasteiger partial charge < -0.3 is 9.47 Å². The average Bonchev–Trinajstić information content (AvgIpc) is 2.63. The number of hydrogen-bond donors (Lipinski definition) is 0. The van der Waals surface area contributed by atoms with Crippen LogP contribution in [-0.4, -0.2) is 22.1 Å². The third kappa shape index (κ3) is 4.22. The van der Waals surface area contributed by atoms with Crippen LogP contribution in [0.25, 0.3) is 0 Å². The molecule has 1 aliphatic rings. The normalized spacial score (nSPS) is 15.5. The van der Waals surface area contributed by atoms with E-state index < -0.39 is 11.6 Å². The molecule has 7 heteroatoms. The maximum atomic E-state index is 14.0. The molecule has 1 aromatic heterocycles. The molecule has 0 atom stereocenters. The van der Waals surface area contributed by atoms with Gasteiger partial charge in [0.1, 0.15) is 16.7 Å². The summed E-state index contributed by atoms with van der Waals surface area (Å²) in [6.07, 6.45) is 4.18. The van der Waals surface area contributed by atoms with Gasteiger partial charge in [-0.15, -0.1) is 0 Å². The van der Waals surface area contributed by atoms with Crippen molar-refractivity contribution in [1.29, 1.82) is 0 Å². The molecule has 1 aromatic carbocycles. The second-order valence-electron chi connectivity index (χ2n) is 6.48. The van der Waals surface area contributed by atoms with Gasteiger partial charge in [-0.25, -0.2) is 8.78 Å². The van der Waals surface area contributed by atoms with E-state index in [4.69, 9.17) is 11.6 Å². The molecule has 3 nitrogen and oxygen atoms in total. The van der Waals surface area contributed by atoms with Gasteiger partial charge in [-0.1, -0.05) is 40.3 Å². The van der Waals surface area contributed by atoms with E-state index in [1.165, 1.54) is 12.1 Å². The molecule has 0 saturated carbocycles. The summed E-state index contributed by atoms with van der Waals surface area (Å²) in [4.78, 5) is 14.5. The zero-order valence-corrected chi connectivity index (χ0v) is 17.1. The lowest BCUT2D eigenvalue weighted by molar-refractivity contribution is 0.477. The molecule has 0 aliphatic carbocycles. The van der Waals surface area contributed by atoms with Gasteiger partial charge >= 0.3 is 0 Å². The summed E-state index contributed by atoms with van der Waals surface area (Å²) in [7, 11) is 0. The minimum atomic E-state index is -0.557. The summed E-state index contributed by atoms with van der Waals surface area (Å²) in [6, 6.07) is 5.66. The molecule has 0 bridgehead atoms. The summed E-state index contributed by atoms with van der Waals surface area (Å²) in [5.74, 6) is -0.993. The highest BCUT2D eigenvalue weighted by atomic mass is 127. The topological polar surface area (TPSA) is 25.2 Å². The quantitative estimate of drug-likeness (QED) is 0.434. The predicted octanol–water partition coefficient (Wildman–Crippen LogP) is 4.99. The number of anilines is 1. The van der Waals surface area contributed by atoms with Crippen molar-refractivity contribution < 1.29 is 8.78 Å². The number of hydrogen-bond acceptors (Lipinski definition) is 2. The molecular formula is C19H20ClF2IN2O. The Bertz CT molecular complexity index is 835. The standard InChI is InChI=1S/C19H20ClF2IN2O/c20-18-17(6-11-25(19(18)26)8-1-7-23)24-9-4-13(5-10-24)15-3-2-14(21)12-16(15)22/h2-3,6,11-13H,1,4-5,7-10H2. The minimum absolute atomic E-state index is 0.0506. The zero-order valence-electron chi connectivity index (χ0n) is 14.2. The number of halogens is 4. The first-order chi connectivity index (χ1) is 12.5. The average molecular weight is 493 g/mol. The number of rotatable bonds is 5. The molecule has 26 heavy (non-hydrogen) atoms. The smallest absolute Gasteiger partial charge is 0.271 e. The number of aryl methyl sites for hydroxylation is 1. The van der Waals surface area contributed by atoms with Crippen molar-refractivity contribution in [1.82, 2.24) is 4.57 Å². The molecule has 0 amide bonds. The third-order valence-corrected chi connectivity index (χ3v) is 5.97. The van der Waals surface area contributed by atoms with Crippen LogP contribution in [0.15, 0.2) is 35.3 Å². The van der Waals surface area contributed by atoms with Gasteiger partial charge in [0.05, 0.1) is 5.69 Å². The van der Waals surface area contributed by atoms with Gasteiger partial charge in [0.25, 0.3) is 5.56 Å². The highest BCUT2D eigenvalue weighted by Gasteiger charge is 2.25. The fourth-order valence-corrected chi connectivity index (χ4v) is 4.08. The van der Waals surface area contributed by atoms with Crippen molar-refractivity contribution in [2.75, 3.05) is 22.4 Å². The van der Waals surface area contributed by atoms with E-state index in [1.54, 1.807) is 10.8 Å². The second kappa shape index (κ2) is 8.69. The zero-order chi connectivity index (χ0) is 18.7. The van der Waals surface area contributed by atoms with E-state index >= 15 is 0 Å². The summed E-state index contributed by atoms with van der Waals surface area (Å²) < 4.78 is 29.7. The fourth-order valence-electron chi connectivity index (χ4n) is 3.45. The van der Waals surface area contributed by atoms with Crippen LogP contribution < -0.4 is 10.5 Å². The molecule has 0 radical (unpaired) electrons. The third-order valence-electron chi connectivity index (χ3n) is 4.86. The Morgan fingerprint density at radius 1 is 1.19 bits per heavy atom. The maximum Gasteiger partial charge on any atom is 0.271 e. The van der Waals surface area contributed by atoms with E-state index in [2.05, 4.69) is 27.5 Å². The van der Waals surface area contributed by atoms with Crippen LogP contribution in [0.4, 0.5) is 14.5 Å². The van der Waals surface area contributed by atoms with Crippen LogP contribution >= 0.6 is 34.2 Å². The number of alkyl halides is 1. The van der Waals surface area contributed by atoms with E-state index in [9.17, 15) is 13.6 Å². The molecule has 1 aliphatic heterocycles. The second-order valence-corrected chi connectivity index (χ2v) is 7.94. The molecule has 1 saturated heterocycles. The summed E-state index contributed by atoms with van der Waals surface area (Å²) >= 11 is 8.61. The molecule has 1 fully saturated rings. The number of piperidine rings is 1. The molecular weight excluding hydrogens is 473 g/mol. The Morgan fingerprint density at radius 2 is 1.92 bits per heavy atom. The van der Waals surface area contributed by atoms with E-state index in [1.807, 2.05) is 6.07 Å². The lowest BCUT2D eigenvalue weighted by Gasteiger charge is -2.34. The monoisotopic (exact) mass is 492 g/mol. The van der Waals surface area contributed by atoms with Crippen molar-refractivity contribution in [2.45, 2.75) is 31.7 Å². The molecule has 0 unspecified atom stereocenters. The van der Waals surface area contributed by atoms with Crippen molar-refractivity contribution in [3.63, 3.8) is 0 Å². The Kier molecular flexibility index (Phi) is 6.55. The Morgan fingerprint density at radius 3 is 2.58 bits per heavy atom. The van der Waals surface area contributed by atoms with Crippen LogP contribution in [0.5, 0.6) is 0 Å². The number of benzene rings is 1. The van der Waals surface area contributed by atoms with Gasteiger partial charge in [0.15, 0.2) is 0 Å².